The van der Waals surface area contributed by atoms with Gasteiger partial charge in [0.15, 0.2) is 5.65 Å². The summed E-state index contributed by atoms with van der Waals surface area (Å²) in [7, 11) is -3.71. The normalized spacial score (nSPS) is 19.3. The first-order valence-electron chi connectivity index (χ1n) is 10.2. The molecule has 9 heteroatoms. The zero-order valence-electron chi connectivity index (χ0n) is 16.3. The minimum absolute atomic E-state index is 0.0252. The van der Waals surface area contributed by atoms with Gasteiger partial charge < -0.3 is 4.57 Å². The number of hydrogen-bond acceptors (Lipinski definition) is 4. The van der Waals surface area contributed by atoms with Crippen molar-refractivity contribution in [1.29, 1.82) is 0 Å². The quantitative estimate of drug-likeness (QED) is 0.588. The molecule has 0 spiro atoms. The SMILES string of the molecule is O=S(=O)(c1ccc(F)c(Cl)c1)N1CCC(n2c(C3CCC3)nc3cccnc32)CC1. The zero-order valence-corrected chi connectivity index (χ0v) is 17.9. The Morgan fingerprint density at radius 3 is 2.53 bits per heavy atom. The average Bonchev–Trinajstić information content (AvgIpc) is 3.07. The second-order valence-corrected chi connectivity index (χ2v) is 10.4. The summed E-state index contributed by atoms with van der Waals surface area (Å²) in [4.78, 5) is 9.46. The molecule has 1 aliphatic heterocycles. The van der Waals surface area contributed by atoms with Gasteiger partial charge in [0.25, 0.3) is 0 Å². The highest BCUT2D eigenvalue weighted by Crippen LogP contribution is 2.40. The second-order valence-electron chi connectivity index (χ2n) is 8.03. The molecule has 6 nitrogen and oxygen atoms in total. The number of imidazole rings is 1. The monoisotopic (exact) mass is 448 g/mol. The van der Waals surface area contributed by atoms with E-state index in [-0.39, 0.29) is 16.0 Å². The Bertz CT molecular complexity index is 1200. The zero-order chi connectivity index (χ0) is 20.9. The fourth-order valence-electron chi connectivity index (χ4n) is 4.39. The van der Waals surface area contributed by atoms with E-state index in [1.165, 1.54) is 22.9 Å². The van der Waals surface area contributed by atoms with Crippen molar-refractivity contribution in [2.24, 2.45) is 0 Å². The van der Waals surface area contributed by atoms with Gasteiger partial charge in [-0.3, -0.25) is 0 Å². The fraction of sp³-hybridized carbons (Fsp3) is 0.429. The third-order valence-corrected chi connectivity index (χ3v) is 8.45. The lowest BCUT2D eigenvalue weighted by Crippen LogP contribution is -2.39. The molecule has 0 atom stereocenters. The smallest absolute Gasteiger partial charge is 0.243 e. The average molecular weight is 449 g/mol. The van der Waals surface area contributed by atoms with E-state index in [1.54, 1.807) is 6.20 Å². The van der Waals surface area contributed by atoms with Crippen LogP contribution in [0.2, 0.25) is 5.02 Å². The summed E-state index contributed by atoms with van der Waals surface area (Å²) in [5.74, 6) is 0.918. The van der Waals surface area contributed by atoms with Crippen LogP contribution in [0.5, 0.6) is 0 Å². The third kappa shape index (κ3) is 3.31. The predicted molar refractivity (Wildman–Crippen MR) is 113 cm³/mol. The van der Waals surface area contributed by atoms with E-state index >= 15 is 0 Å². The third-order valence-electron chi connectivity index (χ3n) is 6.26. The molecule has 0 bridgehead atoms. The molecule has 3 aromatic rings. The van der Waals surface area contributed by atoms with Gasteiger partial charge in [-0.2, -0.15) is 4.31 Å². The summed E-state index contributed by atoms with van der Waals surface area (Å²) in [6.45, 7) is 0.775. The molecule has 3 heterocycles. The van der Waals surface area contributed by atoms with Crippen LogP contribution in [0.25, 0.3) is 11.2 Å². The lowest BCUT2D eigenvalue weighted by Gasteiger charge is -2.34. The van der Waals surface area contributed by atoms with Crippen LogP contribution < -0.4 is 0 Å². The number of benzene rings is 1. The number of pyridine rings is 1. The van der Waals surface area contributed by atoms with E-state index in [4.69, 9.17) is 16.6 Å². The highest BCUT2D eigenvalue weighted by Gasteiger charge is 2.34. The number of sulfonamides is 1. The van der Waals surface area contributed by atoms with Crippen molar-refractivity contribution in [3.8, 4) is 0 Å². The predicted octanol–water partition coefficient (Wildman–Crippen LogP) is 4.52. The molecule has 5 rings (SSSR count). The van der Waals surface area contributed by atoms with Crippen molar-refractivity contribution in [3.05, 3.63) is 53.2 Å². The number of piperidine rings is 1. The van der Waals surface area contributed by atoms with Crippen molar-refractivity contribution < 1.29 is 12.8 Å². The topological polar surface area (TPSA) is 68.1 Å². The van der Waals surface area contributed by atoms with Gasteiger partial charge in [-0.15, -0.1) is 0 Å². The van der Waals surface area contributed by atoms with Gasteiger partial charge in [0.05, 0.1) is 9.92 Å². The summed E-state index contributed by atoms with van der Waals surface area (Å²) in [5, 5.41) is -0.188. The van der Waals surface area contributed by atoms with Crippen molar-refractivity contribution in [1.82, 2.24) is 18.8 Å². The van der Waals surface area contributed by atoms with E-state index in [2.05, 4.69) is 9.55 Å². The first-order valence-corrected chi connectivity index (χ1v) is 12.0. The summed E-state index contributed by atoms with van der Waals surface area (Å²) >= 11 is 5.80. The number of rotatable bonds is 4. The Morgan fingerprint density at radius 1 is 1.10 bits per heavy atom. The molecular weight excluding hydrogens is 427 g/mol. The van der Waals surface area contributed by atoms with Crippen LogP contribution in [0.1, 0.15) is 49.9 Å². The minimum atomic E-state index is -3.71. The second kappa shape index (κ2) is 7.59. The number of aromatic nitrogens is 3. The van der Waals surface area contributed by atoms with Crippen LogP contribution in [0.3, 0.4) is 0 Å². The number of hydrogen-bond donors (Lipinski definition) is 0. The van der Waals surface area contributed by atoms with E-state index < -0.39 is 15.8 Å². The molecule has 2 fully saturated rings. The molecule has 0 N–H and O–H groups in total. The highest BCUT2D eigenvalue weighted by molar-refractivity contribution is 7.89. The van der Waals surface area contributed by atoms with Crippen LogP contribution in [0.15, 0.2) is 41.4 Å². The Morgan fingerprint density at radius 2 is 1.87 bits per heavy atom. The van der Waals surface area contributed by atoms with Crippen molar-refractivity contribution in [3.63, 3.8) is 0 Å². The van der Waals surface area contributed by atoms with Crippen LogP contribution in [-0.2, 0) is 10.0 Å². The van der Waals surface area contributed by atoms with Crippen LogP contribution >= 0.6 is 11.6 Å². The number of fused-ring (bicyclic) bond motifs is 1. The molecular formula is C21H22ClFN4O2S. The van der Waals surface area contributed by atoms with Gasteiger partial charge >= 0.3 is 0 Å². The molecule has 30 heavy (non-hydrogen) atoms. The molecule has 0 radical (unpaired) electrons. The maximum atomic E-state index is 13.4. The largest absolute Gasteiger partial charge is 0.309 e. The molecule has 1 saturated carbocycles. The van der Waals surface area contributed by atoms with Gasteiger partial charge in [-0.1, -0.05) is 18.0 Å². The Kier molecular flexibility index (Phi) is 5.03. The number of halogens is 2. The molecule has 158 valence electrons. The summed E-state index contributed by atoms with van der Waals surface area (Å²) < 4.78 is 43.2. The lowest BCUT2D eigenvalue weighted by atomic mass is 9.84. The molecule has 0 amide bonds. The molecule has 1 aromatic carbocycles. The van der Waals surface area contributed by atoms with Gasteiger partial charge in [-0.25, -0.2) is 22.8 Å². The van der Waals surface area contributed by atoms with Gasteiger partial charge in [0.1, 0.15) is 17.2 Å². The molecule has 0 unspecified atom stereocenters. The van der Waals surface area contributed by atoms with Gasteiger partial charge in [0, 0.05) is 31.2 Å². The minimum Gasteiger partial charge on any atom is -0.309 e. The van der Waals surface area contributed by atoms with Crippen molar-refractivity contribution >= 4 is 32.8 Å². The maximum Gasteiger partial charge on any atom is 0.243 e. The van der Waals surface area contributed by atoms with Crippen LogP contribution in [0.4, 0.5) is 4.39 Å². The summed E-state index contributed by atoms with van der Waals surface area (Å²) in [6, 6.07) is 7.58. The van der Waals surface area contributed by atoms with E-state index in [0.29, 0.717) is 31.8 Å². The first-order chi connectivity index (χ1) is 14.4. The summed E-state index contributed by atoms with van der Waals surface area (Å²) in [6.07, 6.45) is 6.64. The van der Waals surface area contributed by atoms with Crippen LogP contribution in [0, 0.1) is 5.82 Å². The Balaban J connectivity index is 1.40. The standard InChI is InChI=1S/C21H22ClFN4O2S/c22-17-13-16(6-7-18(17)23)30(28,29)26-11-8-15(9-12-26)27-20(14-3-1-4-14)25-19-5-2-10-24-21(19)27/h2,5-7,10,13-15H,1,3-4,8-9,11-12H2. The van der Waals surface area contributed by atoms with Gasteiger partial charge in [-0.05, 0) is 56.0 Å². The van der Waals surface area contributed by atoms with Crippen molar-refractivity contribution in [2.75, 3.05) is 13.1 Å². The van der Waals surface area contributed by atoms with E-state index in [1.807, 2.05) is 12.1 Å². The maximum absolute atomic E-state index is 13.4. The molecule has 1 saturated heterocycles. The first kappa shape index (κ1) is 19.9. The molecule has 1 aliphatic carbocycles. The van der Waals surface area contributed by atoms with E-state index in [0.717, 1.165) is 35.9 Å². The Labute approximate surface area is 179 Å². The molecule has 2 aliphatic rings. The summed E-state index contributed by atoms with van der Waals surface area (Å²) in [5.41, 5.74) is 1.78. The van der Waals surface area contributed by atoms with E-state index in [9.17, 15) is 12.8 Å². The Hall–Kier alpha value is -2.03. The van der Waals surface area contributed by atoms with Crippen molar-refractivity contribution in [2.45, 2.75) is 49.0 Å². The fourth-order valence-corrected chi connectivity index (χ4v) is 6.13. The molecule has 2 aromatic heterocycles. The highest BCUT2D eigenvalue weighted by atomic mass is 35.5. The lowest BCUT2D eigenvalue weighted by molar-refractivity contribution is 0.264. The van der Waals surface area contributed by atoms with Gasteiger partial charge in [0.2, 0.25) is 10.0 Å². The van der Waals surface area contributed by atoms with Crippen LogP contribution in [-0.4, -0.2) is 40.3 Å². The number of nitrogens with zero attached hydrogens (tertiary/aromatic N) is 4.